The highest BCUT2D eigenvalue weighted by molar-refractivity contribution is 6.35. The molecule has 4 rings (SSSR count). The molecule has 1 fully saturated rings. The summed E-state index contributed by atoms with van der Waals surface area (Å²) in [5.74, 6) is -0.938. The summed E-state index contributed by atoms with van der Waals surface area (Å²) in [6, 6.07) is 13.2. The lowest BCUT2D eigenvalue weighted by atomic mass is 10.0. The van der Waals surface area contributed by atoms with E-state index in [0.717, 1.165) is 37.9 Å². The molecule has 4 nitrogen and oxygen atoms in total. The molecule has 0 spiro atoms. The van der Waals surface area contributed by atoms with Crippen LogP contribution >= 0.6 is 11.6 Å². The number of nitrogens with zero attached hydrogens (tertiary/aromatic N) is 2. The van der Waals surface area contributed by atoms with E-state index in [-0.39, 0.29) is 17.6 Å². The van der Waals surface area contributed by atoms with Gasteiger partial charge in [0.05, 0.1) is 5.57 Å². The first-order valence-corrected chi connectivity index (χ1v) is 10.3. The highest BCUT2D eigenvalue weighted by atomic mass is 35.5. The SMILES string of the molecule is O=C1C(c2ccc(F)cc2)=C(N2CCCCC2)C(=O)N1CCc1ccc(Cl)cc1. The average molecular weight is 413 g/mol. The van der Waals surface area contributed by atoms with Crippen molar-refractivity contribution in [2.75, 3.05) is 19.6 Å². The van der Waals surface area contributed by atoms with Gasteiger partial charge in [0.1, 0.15) is 11.5 Å². The van der Waals surface area contributed by atoms with Crippen LogP contribution in [0.15, 0.2) is 54.2 Å². The van der Waals surface area contributed by atoms with Gasteiger partial charge in [-0.3, -0.25) is 14.5 Å². The van der Waals surface area contributed by atoms with E-state index in [4.69, 9.17) is 11.6 Å². The van der Waals surface area contributed by atoms with E-state index >= 15 is 0 Å². The van der Waals surface area contributed by atoms with Crippen molar-refractivity contribution in [2.24, 2.45) is 0 Å². The van der Waals surface area contributed by atoms with E-state index in [9.17, 15) is 14.0 Å². The quantitative estimate of drug-likeness (QED) is 0.688. The smallest absolute Gasteiger partial charge is 0.277 e. The monoisotopic (exact) mass is 412 g/mol. The summed E-state index contributed by atoms with van der Waals surface area (Å²) < 4.78 is 13.4. The molecule has 2 aliphatic heterocycles. The van der Waals surface area contributed by atoms with Crippen LogP contribution in [0.3, 0.4) is 0 Å². The third-order valence-corrected chi connectivity index (χ3v) is 5.74. The first-order chi connectivity index (χ1) is 14.0. The Labute approximate surface area is 174 Å². The predicted octanol–water partition coefficient (Wildman–Crippen LogP) is 4.29. The minimum atomic E-state index is -0.370. The van der Waals surface area contributed by atoms with Crippen LogP contribution in [0.25, 0.3) is 5.57 Å². The minimum Gasteiger partial charge on any atom is -0.366 e. The van der Waals surface area contributed by atoms with Crippen LogP contribution in [-0.4, -0.2) is 41.2 Å². The number of amides is 2. The van der Waals surface area contributed by atoms with Gasteiger partial charge in [-0.1, -0.05) is 35.9 Å². The zero-order chi connectivity index (χ0) is 20.4. The van der Waals surface area contributed by atoms with E-state index in [1.807, 2.05) is 17.0 Å². The molecular formula is C23H22ClFN2O2. The molecule has 2 amide bonds. The van der Waals surface area contributed by atoms with Crippen molar-refractivity contribution in [3.63, 3.8) is 0 Å². The van der Waals surface area contributed by atoms with Crippen molar-refractivity contribution in [3.05, 3.63) is 76.2 Å². The molecule has 0 atom stereocenters. The van der Waals surface area contributed by atoms with Crippen LogP contribution < -0.4 is 0 Å². The van der Waals surface area contributed by atoms with Crippen molar-refractivity contribution in [3.8, 4) is 0 Å². The lowest BCUT2D eigenvalue weighted by Gasteiger charge is -2.29. The third-order valence-electron chi connectivity index (χ3n) is 5.49. The molecule has 29 heavy (non-hydrogen) atoms. The molecule has 0 saturated carbocycles. The zero-order valence-electron chi connectivity index (χ0n) is 16.0. The Morgan fingerprint density at radius 2 is 1.52 bits per heavy atom. The zero-order valence-corrected chi connectivity index (χ0v) is 16.8. The van der Waals surface area contributed by atoms with Gasteiger partial charge in [0.15, 0.2) is 0 Å². The van der Waals surface area contributed by atoms with Crippen molar-refractivity contribution >= 4 is 29.0 Å². The van der Waals surface area contributed by atoms with Crippen molar-refractivity contribution in [1.29, 1.82) is 0 Å². The number of piperidine rings is 1. The topological polar surface area (TPSA) is 40.6 Å². The molecular weight excluding hydrogens is 391 g/mol. The van der Waals surface area contributed by atoms with Crippen molar-refractivity contribution in [1.82, 2.24) is 9.80 Å². The molecule has 6 heteroatoms. The summed E-state index contributed by atoms with van der Waals surface area (Å²) in [5.41, 5.74) is 2.43. The second-order valence-electron chi connectivity index (χ2n) is 7.42. The van der Waals surface area contributed by atoms with Gasteiger partial charge in [-0.05, 0) is 61.1 Å². The number of benzene rings is 2. The summed E-state index contributed by atoms with van der Waals surface area (Å²) in [6.45, 7) is 1.80. The fourth-order valence-electron chi connectivity index (χ4n) is 3.95. The summed E-state index contributed by atoms with van der Waals surface area (Å²) >= 11 is 5.93. The molecule has 0 radical (unpaired) electrons. The maximum atomic E-state index is 13.4. The van der Waals surface area contributed by atoms with E-state index in [0.29, 0.717) is 34.8 Å². The molecule has 0 aromatic heterocycles. The van der Waals surface area contributed by atoms with Gasteiger partial charge < -0.3 is 4.90 Å². The Hall–Kier alpha value is -2.66. The largest absolute Gasteiger partial charge is 0.366 e. The highest BCUT2D eigenvalue weighted by Crippen LogP contribution is 2.33. The van der Waals surface area contributed by atoms with Crippen LogP contribution in [0.5, 0.6) is 0 Å². The Morgan fingerprint density at radius 1 is 0.862 bits per heavy atom. The van der Waals surface area contributed by atoms with Crippen LogP contribution in [0, 0.1) is 5.82 Å². The molecule has 2 aromatic carbocycles. The number of rotatable bonds is 5. The van der Waals surface area contributed by atoms with Gasteiger partial charge in [0, 0.05) is 24.7 Å². The predicted molar refractivity (Wildman–Crippen MR) is 111 cm³/mol. The lowest BCUT2D eigenvalue weighted by molar-refractivity contribution is -0.137. The number of hydrogen-bond donors (Lipinski definition) is 0. The molecule has 0 N–H and O–H groups in total. The fraction of sp³-hybridized carbons (Fsp3) is 0.304. The lowest BCUT2D eigenvalue weighted by Crippen LogP contribution is -2.38. The van der Waals surface area contributed by atoms with E-state index < -0.39 is 0 Å². The number of imide groups is 1. The summed E-state index contributed by atoms with van der Waals surface area (Å²) in [6.07, 6.45) is 3.66. The Bertz CT molecular complexity index is 948. The van der Waals surface area contributed by atoms with E-state index in [2.05, 4.69) is 0 Å². The van der Waals surface area contributed by atoms with Gasteiger partial charge in [-0.15, -0.1) is 0 Å². The number of halogens is 2. The number of carbonyl (C=O) groups is 2. The second kappa shape index (κ2) is 8.37. The number of hydrogen-bond acceptors (Lipinski definition) is 3. The Balaban J connectivity index is 1.63. The normalized spacial score (nSPS) is 17.4. The molecule has 2 heterocycles. The van der Waals surface area contributed by atoms with E-state index in [1.54, 1.807) is 24.3 Å². The van der Waals surface area contributed by atoms with Gasteiger partial charge >= 0.3 is 0 Å². The van der Waals surface area contributed by atoms with Gasteiger partial charge in [-0.25, -0.2) is 4.39 Å². The van der Waals surface area contributed by atoms with Crippen LogP contribution in [0.1, 0.15) is 30.4 Å². The fourth-order valence-corrected chi connectivity index (χ4v) is 4.07. The molecule has 2 aliphatic rings. The number of carbonyl (C=O) groups excluding carboxylic acids is 2. The summed E-state index contributed by atoms with van der Waals surface area (Å²) in [7, 11) is 0. The second-order valence-corrected chi connectivity index (χ2v) is 7.85. The number of likely N-dealkylation sites (tertiary alicyclic amines) is 1. The molecule has 0 aliphatic carbocycles. The van der Waals surface area contributed by atoms with Crippen LogP contribution in [0.4, 0.5) is 4.39 Å². The highest BCUT2D eigenvalue weighted by Gasteiger charge is 2.41. The summed E-state index contributed by atoms with van der Waals surface area (Å²) in [4.78, 5) is 29.8. The van der Waals surface area contributed by atoms with Gasteiger partial charge in [0.25, 0.3) is 11.8 Å². The maximum absolute atomic E-state index is 13.4. The average Bonchev–Trinajstić information content (AvgIpc) is 2.99. The molecule has 2 aromatic rings. The first kappa shape index (κ1) is 19.6. The molecule has 150 valence electrons. The Morgan fingerprint density at radius 3 is 2.17 bits per heavy atom. The standard InChI is InChI=1S/C23H22ClFN2O2/c24-18-8-4-16(5-9-18)12-15-27-22(28)20(17-6-10-19(25)11-7-17)21(23(27)29)26-13-2-1-3-14-26/h4-11H,1-3,12-15H2. The van der Waals surface area contributed by atoms with Gasteiger partial charge in [-0.2, -0.15) is 0 Å². The molecule has 0 bridgehead atoms. The minimum absolute atomic E-state index is 0.259. The van der Waals surface area contributed by atoms with Crippen LogP contribution in [-0.2, 0) is 16.0 Å². The molecule has 1 saturated heterocycles. The van der Waals surface area contributed by atoms with Crippen LogP contribution in [0.2, 0.25) is 5.02 Å². The third kappa shape index (κ3) is 4.06. The van der Waals surface area contributed by atoms with Gasteiger partial charge in [0.2, 0.25) is 0 Å². The van der Waals surface area contributed by atoms with Crippen molar-refractivity contribution in [2.45, 2.75) is 25.7 Å². The summed E-state index contributed by atoms with van der Waals surface area (Å²) in [5, 5.41) is 0.648. The van der Waals surface area contributed by atoms with Crippen molar-refractivity contribution < 1.29 is 14.0 Å². The Kier molecular flexibility index (Phi) is 5.67. The maximum Gasteiger partial charge on any atom is 0.277 e. The van der Waals surface area contributed by atoms with E-state index in [1.165, 1.54) is 17.0 Å². The molecule has 0 unspecified atom stereocenters. The first-order valence-electron chi connectivity index (χ1n) is 9.90.